The van der Waals surface area contributed by atoms with E-state index in [9.17, 15) is 9.59 Å². The number of nitrogens with one attached hydrogen (secondary N) is 1. The van der Waals surface area contributed by atoms with Crippen molar-refractivity contribution >= 4 is 52.3 Å². The molecule has 0 bridgehead atoms. The zero-order valence-corrected chi connectivity index (χ0v) is 17.4. The molecule has 0 heterocycles. The summed E-state index contributed by atoms with van der Waals surface area (Å²) in [6.45, 7) is -0.229. The first-order valence-corrected chi connectivity index (χ1v) is 9.06. The highest BCUT2D eigenvalue weighted by atomic mass is 127. The number of ether oxygens (including phenoxy) is 3. The van der Waals surface area contributed by atoms with Crippen LogP contribution in [0.15, 0.2) is 41.5 Å². The second-order valence-electron chi connectivity index (χ2n) is 5.10. The topological polar surface area (TPSA) is 86.2 Å². The third kappa shape index (κ3) is 6.10. The lowest BCUT2D eigenvalue weighted by Gasteiger charge is -2.12. The van der Waals surface area contributed by atoms with E-state index in [2.05, 4.69) is 37.9 Å². The molecule has 0 spiro atoms. The molecule has 27 heavy (non-hydrogen) atoms. The molecule has 0 atom stereocenters. The van der Waals surface area contributed by atoms with Crippen molar-refractivity contribution in [3.05, 3.63) is 56.1 Å². The third-order valence-electron chi connectivity index (χ3n) is 3.30. The SMILES string of the molecule is COC(=O)COc1c(I)cc(/C=N\NC(=O)c2ccc(Cl)cc2)cc1OC. The largest absolute Gasteiger partial charge is 0.493 e. The van der Waals surface area contributed by atoms with Gasteiger partial charge < -0.3 is 14.2 Å². The third-order valence-corrected chi connectivity index (χ3v) is 4.35. The number of hydrogen-bond acceptors (Lipinski definition) is 6. The summed E-state index contributed by atoms with van der Waals surface area (Å²) in [6, 6.07) is 9.90. The van der Waals surface area contributed by atoms with Gasteiger partial charge >= 0.3 is 5.97 Å². The molecule has 0 saturated heterocycles. The standard InChI is InChI=1S/C18H16ClIN2O5/c1-25-15-8-11(7-14(20)17(15)27-10-16(23)26-2)9-21-22-18(24)12-3-5-13(19)6-4-12/h3-9H,10H2,1-2H3,(H,22,24)/b21-9-. The normalized spacial score (nSPS) is 10.5. The molecule has 7 nitrogen and oxygen atoms in total. The summed E-state index contributed by atoms with van der Waals surface area (Å²) in [6.07, 6.45) is 1.47. The van der Waals surface area contributed by atoms with E-state index >= 15 is 0 Å². The highest BCUT2D eigenvalue weighted by molar-refractivity contribution is 14.1. The van der Waals surface area contributed by atoms with E-state index in [4.69, 9.17) is 21.1 Å². The van der Waals surface area contributed by atoms with Crippen molar-refractivity contribution in [3.8, 4) is 11.5 Å². The molecule has 2 aromatic carbocycles. The minimum Gasteiger partial charge on any atom is -0.493 e. The van der Waals surface area contributed by atoms with Gasteiger partial charge in [-0.3, -0.25) is 4.79 Å². The van der Waals surface area contributed by atoms with Gasteiger partial charge in [0, 0.05) is 10.6 Å². The van der Waals surface area contributed by atoms with Crippen molar-refractivity contribution in [1.29, 1.82) is 0 Å². The molecule has 9 heteroatoms. The predicted molar refractivity (Wildman–Crippen MR) is 110 cm³/mol. The van der Waals surface area contributed by atoms with Gasteiger partial charge in [-0.1, -0.05) is 11.6 Å². The van der Waals surface area contributed by atoms with E-state index in [1.807, 2.05) is 0 Å². The molecule has 0 aliphatic rings. The molecule has 0 unspecified atom stereocenters. The van der Waals surface area contributed by atoms with Gasteiger partial charge in [-0.25, -0.2) is 10.2 Å². The summed E-state index contributed by atoms with van der Waals surface area (Å²) in [4.78, 5) is 23.3. The van der Waals surface area contributed by atoms with Crippen LogP contribution in [0.3, 0.4) is 0 Å². The van der Waals surface area contributed by atoms with Crippen LogP contribution in [0.5, 0.6) is 11.5 Å². The Morgan fingerprint density at radius 2 is 1.93 bits per heavy atom. The van der Waals surface area contributed by atoms with Crippen LogP contribution >= 0.6 is 34.2 Å². The number of halogens is 2. The summed E-state index contributed by atoms with van der Waals surface area (Å²) < 4.78 is 16.0. The van der Waals surface area contributed by atoms with Gasteiger partial charge in [0.05, 0.1) is 24.0 Å². The van der Waals surface area contributed by atoms with Gasteiger partial charge in [0.2, 0.25) is 0 Å². The summed E-state index contributed by atoms with van der Waals surface area (Å²) in [7, 11) is 2.77. The lowest BCUT2D eigenvalue weighted by Crippen LogP contribution is -2.17. The second-order valence-corrected chi connectivity index (χ2v) is 6.70. The molecule has 0 aliphatic heterocycles. The lowest BCUT2D eigenvalue weighted by molar-refractivity contribution is -0.142. The van der Waals surface area contributed by atoms with Crippen molar-refractivity contribution in [2.75, 3.05) is 20.8 Å². The number of amides is 1. The van der Waals surface area contributed by atoms with Crippen LogP contribution in [0.2, 0.25) is 5.02 Å². The average Bonchev–Trinajstić information content (AvgIpc) is 2.66. The molecule has 2 aromatic rings. The quantitative estimate of drug-likeness (QED) is 0.272. The van der Waals surface area contributed by atoms with Gasteiger partial charge in [0.25, 0.3) is 5.91 Å². The summed E-state index contributed by atoms with van der Waals surface area (Å²) in [5, 5.41) is 4.49. The zero-order chi connectivity index (χ0) is 19.8. The van der Waals surface area contributed by atoms with Crippen molar-refractivity contribution in [1.82, 2.24) is 5.43 Å². The van der Waals surface area contributed by atoms with E-state index in [0.29, 0.717) is 31.2 Å². The smallest absolute Gasteiger partial charge is 0.343 e. The molecular formula is C18H16ClIN2O5. The second kappa shape index (κ2) is 10.1. The van der Waals surface area contributed by atoms with Crippen molar-refractivity contribution in [2.24, 2.45) is 5.10 Å². The van der Waals surface area contributed by atoms with Crippen LogP contribution in [-0.2, 0) is 9.53 Å². The maximum Gasteiger partial charge on any atom is 0.343 e. The first-order chi connectivity index (χ1) is 12.9. The molecule has 0 saturated carbocycles. The fourth-order valence-electron chi connectivity index (χ4n) is 1.98. The van der Waals surface area contributed by atoms with Gasteiger partial charge in [-0.15, -0.1) is 0 Å². The van der Waals surface area contributed by atoms with Gasteiger partial charge in [0.1, 0.15) is 0 Å². The molecular weight excluding hydrogens is 487 g/mol. The fraction of sp³-hybridized carbons (Fsp3) is 0.167. The Bertz CT molecular complexity index is 856. The molecule has 1 amide bonds. The van der Waals surface area contributed by atoms with E-state index in [0.717, 1.165) is 0 Å². The number of benzene rings is 2. The van der Waals surface area contributed by atoms with E-state index < -0.39 is 5.97 Å². The monoisotopic (exact) mass is 502 g/mol. The van der Waals surface area contributed by atoms with Crippen LogP contribution in [-0.4, -0.2) is 38.9 Å². The molecule has 2 rings (SSSR count). The highest BCUT2D eigenvalue weighted by Gasteiger charge is 2.13. The zero-order valence-electron chi connectivity index (χ0n) is 14.5. The van der Waals surface area contributed by atoms with Crippen LogP contribution in [0, 0.1) is 3.57 Å². The number of rotatable bonds is 7. The average molecular weight is 503 g/mol. The summed E-state index contributed by atoms with van der Waals surface area (Å²) in [5.74, 6) is -0.00635. The summed E-state index contributed by atoms with van der Waals surface area (Å²) >= 11 is 7.85. The highest BCUT2D eigenvalue weighted by Crippen LogP contribution is 2.33. The summed E-state index contributed by atoms with van der Waals surface area (Å²) in [5.41, 5.74) is 3.56. The maximum atomic E-state index is 12.0. The lowest BCUT2D eigenvalue weighted by atomic mass is 10.2. The number of esters is 1. The van der Waals surface area contributed by atoms with Crippen LogP contribution < -0.4 is 14.9 Å². The van der Waals surface area contributed by atoms with Gasteiger partial charge in [-0.2, -0.15) is 5.10 Å². The predicted octanol–water partition coefficient (Wildman–Crippen LogP) is 3.27. The maximum absolute atomic E-state index is 12.0. The molecule has 142 valence electrons. The van der Waals surface area contributed by atoms with Crippen LogP contribution in [0.1, 0.15) is 15.9 Å². The Labute approximate surface area is 174 Å². The van der Waals surface area contributed by atoms with E-state index in [1.54, 1.807) is 36.4 Å². The Morgan fingerprint density at radius 1 is 1.22 bits per heavy atom. The van der Waals surface area contributed by atoms with Crippen LogP contribution in [0.25, 0.3) is 0 Å². The number of carbonyl (C=O) groups excluding carboxylic acids is 2. The minimum absolute atomic E-state index is 0.229. The molecule has 0 aromatic heterocycles. The van der Waals surface area contributed by atoms with Gasteiger partial charge in [0.15, 0.2) is 18.1 Å². The van der Waals surface area contributed by atoms with Crippen molar-refractivity contribution in [3.63, 3.8) is 0 Å². The Hall–Kier alpha value is -2.33. The first kappa shape index (κ1) is 21.0. The molecule has 0 aliphatic carbocycles. The number of hydrazone groups is 1. The van der Waals surface area contributed by atoms with Crippen molar-refractivity contribution in [2.45, 2.75) is 0 Å². The Balaban J connectivity index is 2.08. The molecule has 0 fully saturated rings. The minimum atomic E-state index is -0.497. The molecule has 1 N–H and O–H groups in total. The Kier molecular flexibility index (Phi) is 7.86. The van der Waals surface area contributed by atoms with Crippen molar-refractivity contribution < 1.29 is 23.8 Å². The van der Waals surface area contributed by atoms with Crippen LogP contribution in [0.4, 0.5) is 0 Å². The van der Waals surface area contributed by atoms with E-state index in [-0.39, 0.29) is 12.5 Å². The Morgan fingerprint density at radius 3 is 2.56 bits per heavy atom. The first-order valence-electron chi connectivity index (χ1n) is 7.60. The van der Waals surface area contributed by atoms with E-state index in [1.165, 1.54) is 20.4 Å². The number of nitrogens with zero attached hydrogens (tertiary/aromatic N) is 1. The molecule has 0 radical (unpaired) electrons. The number of carbonyl (C=O) groups is 2. The number of methoxy groups -OCH3 is 2. The fourth-order valence-corrected chi connectivity index (χ4v) is 2.88. The number of hydrogen-bond donors (Lipinski definition) is 1. The van der Waals surface area contributed by atoms with Gasteiger partial charge in [-0.05, 0) is 64.6 Å².